The maximum absolute atomic E-state index is 5.70. The van der Waals surface area contributed by atoms with Crippen LogP contribution in [0.15, 0.2) is 30.3 Å². The van der Waals surface area contributed by atoms with E-state index in [4.69, 9.17) is 4.74 Å². The molecule has 0 spiro atoms. The summed E-state index contributed by atoms with van der Waals surface area (Å²) in [6, 6.07) is 8.45. The van der Waals surface area contributed by atoms with Crippen molar-refractivity contribution >= 4 is 6.08 Å². The Labute approximate surface area is 92.8 Å². The number of ether oxygens (including phenoxy) is 1. The van der Waals surface area contributed by atoms with Gasteiger partial charge in [-0.15, -0.1) is 0 Å². The van der Waals surface area contributed by atoms with Gasteiger partial charge in [0, 0.05) is 0 Å². The first-order valence-corrected chi connectivity index (χ1v) is 5.37. The van der Waals surface area contributed by atoms with Gasteiger partial charge in [-0.2, -0.15) is 0 Å². The van der Waals surface area contributed by atoms with E-state index in [0.717, 1.165) is 0 Å². The monoisotopic (exact) mass is 204 g/mol. The molecule has 0 saturated carbocycles. The first-order valence-electron chi connectivity index (χ1n) is 5.37. The maximum atomic E-state index is 5.70. The van der Waals surface area contributed by atoms with Crippen LogP contribution in [0.25, 0.3) is 6.08 Å². The van der Waals surface area contributed by atoms with Gasteiger partial charge in [0.2, 0.25) is 0 Å². The molecule has 15 heavy (non-hydrogen) atoms. The van der Waals surface area contributed by atoms with Crippen molar-refractivity contribution in [1.82, 2.24) is 0 Å². The van der Waals surface area contributed by atoms with Gasteiger partial charge in [0.15, 0.2) is 0 Å². The smallest absolute Gasteiger partial charge is 0.0724 e. The third-order valence-corrected chi connectivity index (χ3v) is 2.01. The number of rotatable bonds is 3. The van der Waals surface area contributed by atoms with Gasteiger partial charge in [-0.05, 0) is 38.8 Å². The molecule has 1 nitrogen and oxygen atoms in total. The largest absolute Gasteiger partial charge is 0.371 e. The Morgan fingerprint density at radius 3 is 2.20 bits per heavy atom. The lowest BCUT2D eigenvalue weighted by atomic mass is 10.1. The minimum absolute atomic E-state index is 0.0675. The van der Waals surface area contributed by atoms with Crippen molar-refractivity contribution in [1.29, 1.82) is 0 Å². The molecule has 1 aromatic carbocycles. The summed E-state index contributed by atoms with van der Waals surface area (Å²) >= 11 is 0. The van der Waals surface area contributed by atoms with E-state index in [2.05, 4.69) is 51.1 Å². The van der Waals surface area contributed by atoms with Crippen molar-refractivity contribution in [2.75, 3.05) is 0 Å². The minimum atomic E-state index is -0.0675. The highest BCUT2D eigenvalue weighted by molar-refractivity contribution is 5.49. The summed E-state index contributed by atoms with van der Waals surface area (Å²) in [5.41, 5.74) is 2.39. The second-order valence-corrected chi connectivity index (χ2v) is 4.64. The van der Waals surface area contributed by atoms with Gasteiger partial charge in [0.1, 0.15) is 0 Å². The average Bonchev–Trinajstić information content (AvgIpc) is 2.16. The summed E-state index contributed by atoms with van der Waals surface area (Å²) in [5, 5.41) is 0. The molecule has 0 fully saturated rings. The molecular formula is C14H20O. The van der Waals surface area contributed by atoms with Crippen LogP contribution in [0.1, 0.15) is 38.8 Å². The van der Waals surface area contributed by atoms with Gasteiger partial charge in [0.05, 0.1) is 12.2 Å². The van der Waals surface area contributed by atoms with Crippen LogP contribution in [0.2, 0.25) is 0 Å². The summed E-state index contributed by atoms with van der Waals surface area (Å²) in [5.74, 6) is 0. The Morgan fingerprint density at radius 1 is 1.13 bits per heavy atom. The Bertz CT molecular complexity index is 314. The molecule has 1 heteroatoms. The average molecular weight is 204 g/mol. The van der Waals surface area contributed by atoms with Crippen LogP contribution in [0.5, 0.6) is 0 Å². The normalized spacial score (nSPS) is 12.3. The molecule has 1 rings (SSSR count). The van der Waals surface area contributed by atoms with Gasteiger partial charge < -0.3 is 4.74 Å². The summed E-state index contributed by atoms with van der Waals surface area (Å²) in [7, 11) is 0. The zero-order valence-corrected chi connectivity index (χ0v) is 10.1. The van der Waals surface area contributed by atoms with Crippen LogP contribution in [-0.4, -0.2) is 5.60 Å². The van der Waals surface area contributed by atoms with E-state index in [1.165, 1.54) is 11.1 Å². The predicted octanol–water partition coefficient (Wildman–Crippen LogP) is 4.03. The fraction of sp³-hybridized carbons (Fsp3) is 0.429. The van der Waals surface area contributed by atoms with Crippen LogP contribution < -0.4 is 0 Å². The fourth-order valence-corrected chi connectivity index (χ4v) is 1.22. The molecule has 0 aliphatic heterocycles. The molecule has 0 amide bonds. The van der Waals surface area contributed by atoms with Crippen LogP contribution in [0, 0.1) is 0 Å². The third-order valence-electron chi connectivity index (χ3n) is 2.01. The Kier molecular flexibility index (Phi) is 4.10. The zero-order valence-electron chi connectivity index (χ0n) is 10.1. The van der Waals surface area contributed by atoms with E-state index in [9.17, 15) is 0 Å². The number of hydrogen-bond donors (Lipinski definition) is 0. The highest BCUT2D eigenvalue weighted by Crippen LogP contribution is 2.13. The second-order valence-electron chi connectivity index (χ2n) is 4.64. The topological polar surface area (TPSA) is 9.23 Å². The molecule has 0 aliphatic rings. The van der Waals surface area contributed by atoms with Crippen molar-refractivity contribution in [3.63, 3.8) is 0 Å². The SMILES string of the molecule is C/C=C/c1ccc(COC(C)(C)C)cc1. The van der Waals surface area contributed by atoms with E-state index in [1.54, 1.807) is 0 Å². The molecule has 0 heterocycles. The van der Waals surface area contributed by atoms with E-state index >= 15 is 0 Å². The van der Waals surface area contributed by atoms with Crippen molar-refractivity contribution in [2.45, 2.75) is 39.9 Å². The number of benzene rings is 1. The molecule has 0 aromatic heterocycles. The van der Waals surface area contributed by atoms with E-state index in [1.807, 2.05) is 13.0 Å². The van der Waals surface area contributed by atoms with Gasteiger partial charge in [-0.3, -0.25) is 0 Å². The zero-order chi connectivity index (χ0) is 11.3. The van der Waals surface area contributed by atoms with Crippen LogP contribution in [0.4, 0.5) is 0 Å². The summed E-state index contributed by atoms with van der Waals surface area (Å²) in [6.45, 7) is 8.92. The number of allylic oxidation sites excluding steroid dienone is 1. The Balaban J connectivity index is 2.57. The third kappa shape index (κ3) is 4.80. The minimum Gasteiger partial charge on any atom is -0.371 e. The van der Waals surface area contributed by atoms with E-state index in [0.29, 0.717) is 6.61 Å². The molecular weight excluding hydrogens is 184 g/mol. The molecule has 0 saturated heterocycles. The van der Waals surface area contributed by atoms with Crippen molar-refractivity contribution in [3.05, 3.63) is 41.5 Å². The standard InChI is InChI=1S/C14H20O/c1-5-6-12-7-9-13(10-8-12)11-15-14(2,3)4/h5-10H,11H2,1-4H3/b6-5+. The first kappa shape index (κ1) is 12.0. The molecule has 0 bridgehead atoms. The number of hydrogen-bond acceptors (Lipinski definition) is 1. The van der Waals surface area contributed by atoms with Gasteiger partial charge in [0.25, 0.3) is 0 Å². The molecule has 1 aromatic rings. The molecule has 0 radical (unpaired) electrons. The highest BCUT2D eigenvalue weighted by Gasteiger charge is 2.09. The highest BCUT2D eigenvalue weighted by atomic mass is 16.5. The van der Waals surface area contributed by atoms with Crippen LogP contribution in [0.3, 0.4) is 0 Å². The fourth-order valence-electron chi connectivity index (χ4n) is 1.22. The molecule has 0 unspecified atom stereocenters. The van der Waals surface area contributed by atoms with Gasteiger partial charge in [-0.25, -0.2) is 0 Å². The molecule has 0 N–H and O–H groups in total. The first-order chi connectivity index (χ1) is 7.01. The second kappa shape index (κ2) is 5.13. The lowest BCUT2D eigenvalue weighted by Crippen LogP contribution is -2.18. The lowest BCUT2D eigenvalue weighted by Gasteiger charge is -2.19. The molecule has 82 valence electrons. The van der Waals surface area contributed by atoms with E-state index < -0.39 is 0 Å². The predicted molar refractivity (Wildman–Crippen MR) is 65.7 cm³/mol. The Morgan fingerprint density at radius 2 is 1.73 bits per heavy atom. The van der Waals surface area contributed by atoms with Gasteiger partial charge in [-0.1, -0.05) is 36.4 Å². The van der Waals surface area contributed by atoms with Gasteiger partial charge >= 0.3 is 0 Å². The lowest BCUT2D eigenvalue weighted by molar-refractivity contribution is -0.0149. The summed E-state index contributed by atoms with van der Waals surface area (Å²) in [6.07, 6.45) is 4.13. The summed E-state index contributed by atoms with van der Waals surface area (Å²) in [4.78, 5) is 0. The summed E-state index contributed by atoms with van der Waals surface area (Å²) < 4.78 is 5.70. The molecule has 0 atom stereocenters. The van der Waals surface area contributed by atoms with Crippen LogP contribution >= 0.6 is 0 Å². The van der Waals surface area contributed by atoms with Crippen molar-refractivity contribution in [2.24, 2.45) is 0 Å². The molecule has 0 aliphatic carbocycles. The van der Waals surface area contributed by atoms with E-state index in [-0.39, 0.29) is 5.60 Å². The van der Waals surface area contributed by atoms with Crippen molar-refractivity contribution in [3.8, 4) is 0 Å². The maximum Gasteiger partial charge on any atom is 0.0724 e. The quantitative estimate of drug-likeness (QED) is 0.722. The van der Waals surface area contributed by atoms with Crippen LogP contribution in [-0.2, 0) is 11.3 Å². The Hall–Kier alpha value is -1.08. The van der Waals surface area contributed by atoms with Crippen molar-refractivity contribution < 1.29 is 4.74 Å².